The van der Waals surface area contributed by atoms with Gasteiger partial charge < -0.3 is 10.2 Å². The van der Waals surface area contributed by atoms with Crippen molar-refractivity contribution in [3.8, 4) is 0 Å². The lowest BCUT2D eigenvalue weighted by molar-refractivity contribution is -0.131. The molecule has 0 saturated heterocycles. The smallest absolute Gasteiger partial charge is 0.244 e. The molecule has 1 aromatic carbocycles. The van der Waals surface area contributed by atoms with E-state index in [0.29, 0.717) is 0 Å². The summed E-state index contributed by atoms with van der Waals surface area (Å²) >= 11 is 1.58. The first-order valence-corrected chi connectivity index (χ1v) is 7.38. The second-order valence-electron chi connectivity index (χ2n) is 4.36. The molecule has 2 aromatic rings. The van der Waals surface area contributed by atoms with Crippen molar-refractivity contribution in [2.24, 2.45) is 0 Å². The Hall–Kier alpha value is -1.62. The van der Waals surface area contributed by atoms with Gasteiger partial charge in [-0.15, -0.1) is 0 Å². The van der Waals surface area contributed by atoms with Gasteiger partial charge in [0.2, 0.25) is 5.91 Å². The number of aromatic nitrogens is 1. The fourth-order valence-electron chi connectivity index (χ4n) is 1.99. The van der Waals surface area contributed by atoms with Gasteiger partial charge in [-0.1, -0.05) is 23.5 Å². The lowest BCUT2D eigenvalue weighted by Gasteiger charge is -2.23. The van der Waals surface area contributed by atoms with E-state index >= 15 is 0 Å². The molecule has 0 radical (unpaired) electrons. The Morgan fingerprint density at radius 3 is 2.68 bits per heavy atom. The fraction of sp³-hybridized carbons (Fsp3) is 0.429. The SMILES string of the molecule is CCN(CC)C(=O)C(C)Nc1nc2ccccc2s1. The third-order valence-electron chi connectivity index (χ3n) is 3.08. The molecule has 1 N–H and O–H groups in total. The highest BCUT2D eigenvalue weighted by Crippen LogP contribution is 2.25. The van der Waals surface area contributed by atoms with E-state index in [9.17, 15) is 4.79 Å². The first kappa shape index (κ1) is 13.8. The van der Waals surface area contributed by atoms with Crippen LogP contribution in [0.15, 0.2) is 24.3 Å². The molecule has 2 rings (SSSR count). The van der Waals surface area contributed by atoms with Crippen LogP contribution in [0.4, 0.5) is 5.13 Å². The summed E-state index contributed by atoms with van der Waals surface area (Å²) in [6.45, 7) is 7.34. The molecule has 1 atom stereocenters. The molecule has 0 saturated carbocycles. The summed E-state index contributed by atoms with van der Waals surface area (Å²) in [6.07, 6.45) is 0. The molecule has 0 aliphatic carbocycles. The summed E-state index contributed by atoms with van der Waals surface area (Å²) in [7, 11) is 0. The number of fused-ring (bicyclic) bond motifs is 1. The maximum Gasteiger partial charge on any atom is 0.244 e. The Morgan fingerprint density at radius 1 is 1.37 bits per heavy atom. The molecule has 5 heteroatoms. The molecule has 19 heavy (non-hydrogen) atoms. The van der Waals surface area contributed by atoms with E-state index in [-0.39, 0.29) is 11.9 Å². The highest BCUT2D eigenvalue weighted by molar-refractivity contribution is 7.22. The Labute approximate surface area is 117 Å². The second-order valence-corrected chi connectivity index (χ2v) is 5.39. The minimum atomic E-state index is -0.250. The van der Waals surface area contributed by atoms with Crippen LogP contribution in [0.5, 0.6) is 0 Å². The third-order valence-corrected chi connectivity index (χ3v) is 4.05. The van der Waals surface area contributed by atoms with Crippen LogP contribution in [0.25, 0.3) is 10.2 Å². The van der Waals surface area contributed by atoms with Gasteiger partial charge >= 0.3 is 0 Å². The van der Waals surface area contributed by atoms with Crippen LogP contribution in [0.1, 0.15) is 20.8 Å². The van der Waals surface area contributed by atoms with E-state index < -0.39 is 0 Å². The molecule has 0 spiro atoms. The molecule has 0 aliphatic rings. The molecule has 1 amide bonds. The Balaban J connectivity index is 2.09. The summed E-state index contributed by atoms with van der Waals surface area (Å²) in [5.74, 6) is 0.115. The molecular formula is C14H19N3OS. The first-order valence-electron chi connectivity index (χ1n) is 6.56. The average molecular weight is 277 g/mol. The van der Waals surface area contributed by atoms with Crippen molar-refractivity contribution in [1.29, 1.82) is 0 Å². The minimum Gasteiger partial charge on any atom is -0.350 e. The van der Waals surface area contributed by atoms with Gasteiger partial charge in [0.15, 0.2) is 5.13 Å². The number of carbonyl (C=O) groups is 1. The summed E-state index contributed by atoms with van der Waals surface area (Å²) in [4.78, 5) is 18.5. The van der Waals surface area contributed by atoms with Gasteiger partial charge in [-0.3, -0.25) is 4.79 Å². The van der Waals surface area contributed by atoms with E-state index in [2.05, 4.69) is 10.3 Å². The number of nitrogens with one attached hydrogen (secondary N) is 1. The number of thiazole rings is 1. The lowest BCUT2D eigenvalue weighted by Crippen LogP contribution is -2.41. The van der Waals surface area contributed by atoms with Crippen LogP contribution in [-0.4, -0.2) is 34.9 Å². The quantitative estimate of drug-likeness (QED) is 0.914. The van der Waals surface area contributed by atoms with Crippen LogP contribution in [0, 0.1) is 0 Å². The van der Waals surface area contributed by atoms with E-state index in [0.717, 1.165) is 28.4 Å². The number of carbonyl (C=O) groups excluding carboxylic acids is 1. The van der Waals surface area contributed by atoms with Crippen molar-refractivity contribution in [3.05, 3.63) is 24.3 Å². The van der Waals surface area contributed by atoms with Gasteiger partial charge in [0, 0.05) is 13.1 Å². The number of anilines is 1. The van der Waals surface area contributed by atoms with E-state index in [1.807, 2.05) is 49.9 Å². The summed E-state index contributed by atoms with van der Waals surface area (Å²) in [6, 6.07) is 7.73. The molecule has 0 aliphatic heterocycles. The zero-order valence-corrected chi connectivity index (χ0v) is 12.3. The van der Waals surface area contributed by atoms with Crippen molar-refractivity contribution < 1.29 is 4.79 Å². The number of nitrogens with zero attached hydrogens (tertiary/aromatic N) is 2. The molecule has 1 aromatic heterocycles. The van der Waals surface area contributed by atoms with Crippen LogP contribution in [-0.2, 0) is 4.79 Å². The maximum atomic E-state index is 12.2. The van der Waals surface area contributed by atoms with Crippen LogP contribution < -0.4 is 5.32 Å². The van der Waals surface area contributed by atoms with Gasteiger partial charge in [0.1, 0.15) is 6.04 Å². The predicted molar refractivity (Wildman–Crippen MR) is 80.6 cm³/mol. The van der Waals surface area contributed by atoms with Crippen molar-refractivity contribution in [2.75, 3.05) is 18.4 Å². The van der Waals surface area contributed by atoms with Crippen LogP contribution >= 0.6 is 11.3 Å². The van der Waals surface area contributed by atoms with E-state index in [4.69, 9.17) is 0 Å². The zero-order valence-electron chi connectivity index (χ0n) is 11.5. The Kier molecular flexibility index (Phi) is 4.37. The maximum absolute atomic E-state index is 12.2. The highest BCUT2D eigenvalue weighted by Gasteiger charge is 2.18. The van der Waals surface area contributed by atoms with E-state index in [1.165, 1.54) is 0 Å². The molecule has 0 fully saturated rings. The van der Waals surface area contributed by atoms with Gasteiger partial charge in [-0.05, 0) is 32.9 Å². The second kappa shape index (κ2) is 6.02. The van der Waals surface area contributed by atoms with Crippen molar-refractivity contribution >= 4 is 32.6 Å². The summed E-state index contributed by atoms with van der Waals surface area (Å²) in [5, 5.41) is 4.00. The Morgan fingerprint density at radius 2 is 2.05 bits per heavy atom. The number of benzene rings is 1. The number of para-hydroxylation sites is 1. The molecular weight excluding hydrogens is 258 g/mol. The number of likely N-dealkylation sites (N-methyl/N-ethyl adjacent to an activating group) is 1. The lowest BCUT2D eigenvalue weighted by atomic mass is 10.3. The van der Waals surface area contributed by atoms with Gasteiger partial charge in [-0.25, -0.2) is 4.98 Å². The van der Waals surface area contributed by atoms with Crippen molar-refractivity contribution in [2.45, 2.75) is 26.8 Å². The summed E-state index contributed by atoms with van der Waals surface area (Å²) in [5.41, 5.74) is 0.970. The normalized spacial score (nSPS) is 12.4. The molecule has 0 bridgehead atoms. The van der Waals surface area contributed by atoms with E-state index in [1.54, 1.807) is 11.3 Å². The van der Waals surface area contributed by atoms with Gasteiger partial charge in [-0.2, -0.15) is 0 Å². The van der Waals surface area contributed by atoms with Gasteiger partial charge in [0.25, 0.3) is 0 Å². The standard InChI is InChI=1S/C14H19N3OS/c1-4-17(5-2)13(18)10(3)15-14-16-11-8-6-7-9-12(11)19-14/h6-10H,4-5H2,1-3H3,(H,15,16). The number of rotatable bonds is 5. The van der Waals surface area contributed by atoms with Crippen LogP contribution in [0.3, 0.4) is 0 Å². The molecule has 4 nitrogen and oxygen atoms in total. The molecule has 1 unspecified atom stereocenters. The van der Waals surface area contributed by atoms with Crippen LogP contribution in [0.2, 0.25) is 0 Å². The number of amides is 1. The predicted octanol–water partition coefficient (Wildman–Crippen LogP) is 2.97. The number of hydrogen-bond donors (Lipinski definition) is 1. The minimum absolute atomic E-state index is 0.115. The summed E-state index contributed by atoms with van der Waals surface area (Å²) < 4.78 is 1.13. The van der Waals surface area contributed by atoms with Crippen molar-refractivity contribution in [3.63, 3.8) is 0 Å². The highest BCUT2D eigenvalue weighted by atomic mass is 32.1. The molecule has 1 heterocycles. The molecule has 102 valence electrons. The van der Waals surface area contributed by atoms with Crippen molar-refractivity contribution in [1.82, 2.24) is 9.88 Å². The number of hydrogen-bond acceptors (Lipinski definition) is 4. The third kappa shape index (κ3) is 3.04. The topological polar surface area (TPSA) is 45.2 Å². The average Bonchev–Trinajstić information content (AvgIpc) is 2.82. The first-order chi connectivity index (χ1) is 9.15. The van der Waals surface area contributed by atoms with Gasteiger partial charge in [0.05, 0.1) is 10.2 Å². The fourth-order valence-corrected chi connectivity index (χ4v) is 2.94. The monoisotopic (exact) mass is 277 g/mol. The Bertz CT molecular complexity index is 530. The largest absolute Gasteiger partial charge is 0.350 e. The zero-order chi connectivity index (χ0) is 13.8.